The molecule has 0 unspecified atom stereocenters. The average Bonchev–Trinajstić information content (AvgIpc) is 2.60. The monoisotopic (exact) mass is 254 g/mol. The number of ketones is 1. The molecule has 100 valence electrons. The Balaban J connectivity index is 2.58. The van der Waals surface area contributed by atoms with Gasteiger partial charge in [0, 0.05) is 7.05 Å². The third-order valence-corrected chi connectivity index (χ3v) is 1.98. The van der Waals surface area contributed by atoms with E-state index in [0.29, 0.717) is 0 Å². The quantitative estimate of drug-likeness (QED) is 0.810. The molecule has 0 aliphatic heterocycles. The van der Waals surface area contributed by atoms with Crippen LogP contribution in [0.4, 0.5) is 4.79 Å². The summed E-state index contributed by atoms with van der Waals surface area (Å²) in [5.41, 5.74) is -0.389. The lowest BCUT2D eigenvalue weighted by molar-refractivity contribution is 0.0496. The molecule has 1 aromatic heterocycles. The normalized spacial score (nSPS) is 12.9. The Bertz CT molecular complexity index is 447. The highest BCUT2D eigenvalue weighted by molar-refractivity contribution is 5.99. The van der Waals surface area contributed by atoms with E-state index in [1.165, 1.54) is 11.0 Å². The summed E-state index contributed by atoms with van der Waals surface area (Å²) in [6.45, 7) is 6.83. The number of carbonyl (C=O) groups excluding carboxylic acids is 2. The van der Waals surface area contributed by atoms with Crippen molar-refractivity contribution in [1.82, 2.24) is 20.3 Å². The van der Waals surface area contributed by atoms with E-state index in [2.05, 4.69) is 15.5 Å². The summed E-state index contributed by atoms with van der Waals surface area (Å²) in [6.07, 6.45) is 0.725. The molecule has 0 saturated heterocycles. The van der Waals surface area contributed by atoms with Crippen LogP contribution in [0.1, 0.15) is 38.2 Å². The second-order valence-electron chi connectivity index (χ2n) is 4.95. The Morgan fingerprint density at radius 2 is 2.06 bits per heavy atom. The second kappa shape index (κ2) is 5.16. The number of carbonyl (C=O) groups is 2. The molecular formula is C11H18N4O3. The Morgan fingerprint density at radius 3 is 2.50 bits per heavy atom. The molecule has 0 aromatic carbocycles. The third kappa shape index (κ3) is 4.15. The van der Waals surface area contributed by atoms with Gasteiger partial charge < -0.3 is 10.1 Å². The zero-order valence-electron chi connectivity index (χ0n) is 11.2. The molecule has 0 aliphatic carbocycles. The molecule has 0 spiro atoms. The molecule has 0 bridgehead atoms. The number of hydrogen-bond acceptors (Lipinski definition) is 5. The second-order valence-corrected chi connectivity index (χ2v) is 4.95. The molecule has 1 atom stereocenters. The summed E-state index contributed by atoms with van der Waals surface area (Å²) in [5.74, 6) is -0.311. The minimum absolute atomic E-state index is 0.209. The van der Waals surface area contributed by atoms with E-state index in [0.717, 1.165) is 0 Å². The predicted octanol–water partition coefficient (Wildman–Crippen LogP) is 0.911. The minimum atomic E-state index is -0.712. The summed E-state index contributed by atoms with van der Waals surface area (Å²) in [5, 5.41) is 10.1. The van der Waals surface area contributed by atoms with Gasteiger partial charge in [0.2, 0.25) is 5.78 Å². The molecule has 0 fully saturated rings. The fraction of sp³-hybridized carbons (Fsp3) is 0.636. The number of nitrogens with zero attached hydrogens (tertiary/aromatic N) is 3. The van der Waals surface area contributed by atoms with Crippen LogP contribution in [0.25, 0.3) is 0 Å². The van der Waals surface area contributed by atoms with Crippen molar-refractivity contribution in [2.45, 2.75) is 39.3 Å². The molecule has 1 rings (SSSR count). The topological polar surface area (TPSA) is 86.1 Å². The molecule has 1 amide bonds. The first-order chi connectivity index (χ1) is 8.19. The van der Waals surface area contributed by atoms with E-state index < -0.39 is 17.7 Å². The molecule has 1 heterocycles. The van der Waals surface area contributed by atoms with Crippen molar-refractivity contribution in [2.24, 2.45) is 7.05 Å². The smallest absolute Gasteiger partial charge is 0.408 e. The molecule has 0 aliphatic rings. The molecular weight excluding hydrogens is 236 g/mol. The van der Waals surface area contributed by atoms with Crippen molar-refractivity contribution in [3.63, 3.8) is 0 Å². The van der Waals surface area contributed by atoms with E-state index >= 15 is 0 Å². The van der Waals surface area contributed by atoms with Crippen LogP contribution < -0.4 is 5.32 Å². The van der Waals surface area contributed by atoms with Gasteiger partial charge in [-0.1, -0.05) is 0 Å². The van der Waals surface area contributed by atoms with Gasteiger partial charge in [0.25, 0.3) is 0 Å². The van der Waals surface area contributed by atoms with Crippen molar-refractivity contribution in [2.75, 3.05) is 0 Å². The molecule has 7 nitrogen and oxygen atoms in total. The largest absolute Gasteiger partial charge is 0.444 e. The summed E-state index contributed by atoms with van der Waals surface area (Å²) < 4.78 is 5.06. The van der Waals surface area contributed by atoms with Gasteiger partial charge in [0.05, 0.1) is 12.2 Å². The molecule has 18 heavy (non-hydrogen) atoms. The van der Waals surface area contributed by atoms with Crippen LogP contribution in [0, 0.1) is 0 Å². The fourth-order valence-corrected chi connectivity index (χ4v) is 1.23. The number of nitrogens with one attached hydrogen (secondary N) is 1. The van der Waals surface area contributed by atoms with E-state index in [9.17, 15) is 9.59 Å². The summed E-state index contributed by atoms with van der Waals surface area (Å²) >= 11 is 0. The van der Waals surface area contributed by atoms with Crippen LogP contribution in [0.2, 0.25) is 0 Å². The van der Waals surface area contributed by atoms with Crippen molar-refractivity contribution in [3.8, 4) is 0 Å². The van der Waals surface area contributed by atoms with Crippen LogP contribution >= 0.6 is 0 Å². The van der Waals surface area contributed by atoms with Gasteiger partial charge in [-0.05, 0) is 27.7 Å². The highest BCUT2D eigenvalue weighted by Crippen LogP contribution is 2.07. The Hall–Kier alpha value is -1.92. The summed E-state index contributed by atoms with van der Waals surface area (Å²) in [7, 11) is 1.61. The maximum absolute atomic E-state index is 11.9. The van der Waals surface area contributed by atoms with E-state index in [1.807, 2.05) is 0 Å². The summed E-state index contributed by atoms with van der Waals surface area (Å²) in [4.78, 5) is 24.6. The number of aromatic nitrogens is 3. The molecule has 0 saturated carbocycles. The van der Waals surface area contributed by atoms with Crippen molar-refractivity contribution in [3.05, 3.63) is 11.9 Å². The van der Waals surface area contributed by atoms with Gasteiger partial charge in [-0.25, -0.2) is 4.79 Å². The third-order valence-electron chi connectivity index (χ3n) is 1.98. The number of hydrogen-bond donors (Lipinski definition) is 1. The maximum Gasteiger partial charge on any atom is 0.408 e. The molecule has 1 N–H and O–H groups in total. The summed E-state index contributed by atoms with van der Waals surface area (Å²) in [6, 6.07) is -0.712. The number of aryl methyl sites for hydroxylation is 1. The Labute approximate surface area is 105 Å². The first-order valence-corrected chi connectivity index (χ1v) is 5.59. The number of amides is 1. The molecule has 1 aromatic rings. The zero-order valence-corrected chi connectivity index (χ0v) is 11.2. The predicted molar refractivity (Wildman–Crippen MR) is 64.2 cm³/mol. The van der Waals surface area contributed by atoms with Crippen molar-refractivity contribution < 1.29 is 14.3 Å². The van der Waals surface area contributed by atoms with E-state index in [4.69, 9.17) is 4.74 Å². The lowest BCUT2D eigenvalue weighted by atomic mass is 10.2. The van der Waals surface area contributed by atoms with Crippen molar-refractivity contribution >= 4 is 11.9 Å². The maximum atomic E-state index is 11.9. The van der Waals surface area contributed by atoms with Gasteiger partial charge in [-0.15, -0.1) is 0 Å². The average molecular weight is 254 g/mol. The number of Topliss-reactive ketones (excluding diaryl/α,β-unsaturated/α-hetero) is 1. The molecule has 7 heteroatoms. The lowest BCUT2D eigenvalue weighted by Gasteiger charge is -2.21. The zero-order chi connectivity index (χ0) is 13.9. The minimum Gasteiger partial charge on any atom is -0.444 e. The van der Waals surface area contributed by atoms with Crippen LogP contribution in [0.3, 0.4) is 0 Å². The fourth-order valence-electron chi connectivity index (χ4n) is 1.23. The number of rotatable bonds is 3. The highest BCUT2D eigenvalue weighted by Gasteiger charge is 2.23. The lowest BCUT2D eigenvalue weighted by Crippen LogP contribution is -2.41. The van der Waals surface area contributed by atoms with Crippen LogP contribution in [0.15, 0.2) is 6.20 Å². The standard InChI is InChI=1S/C11H18N4O3/c1-7(13-10(17)18-11(2,3)4)9(16)8-6-12-15(5)14-8/h6-7H,1-5H3,(H,13,17)/t7-/m1/s1. The van der Waals surface area contributed by atoms with Crippen LogP contribution in [-0.4, -0.2) is 38.5 Å². The SMILES string of the molecule is C[C@@H](NC(=O)OC(C)(C)C)C(=O)c1cnn(C)n1. The van der Waals surface area contributed by atoms with Gasteiger partial charge in [0.1, 0.15) is 5.60 Å². The van der Waals surface area contributed by atoms with Gasteiger partial charge in [0.15, 0.2) is 5.69 Å². The number of alkyl carbamates (subject to hydrolysis) is 1. The van der Waals surface area contributed by atoms with Gasteiger partial charge in [-0.2, -0.15) is 15.0 Å². The Morgan fingerprint density at radius 1 is 1.44 bits per heavy atom. The number of ether oxygens (including phenoxy) is 1. The molecule has 0 radical (unpaired) electrons. The first kappa shape index (κ1) is 14.1. The van der Waals surface area contributed by atoms with Gasteiger partial charge >= 0.3 is 6.09 Å². The highest BCUT2D eigenvalue weighted by atomic mass is 16.6. The van der Waals surface area contributed by atoms with E-state index in [-0.39, 0.29) is 11.5 Å². The van der Waals surface area contributed by atoms with Gasteiger partial charge in [-0.3, -0.25) is 4.79 Å². The van der Waals surface area contributed by atoms with Crippen molar-refractivity contribution in [1.29, 1.82) is 0 Å². The first-order valence-electron chi connectivity index (χ1n) is 5.59. The van der Waals surface area contributed by atoms with Crippen LogP contribution in [0.5, 0.6) is 0 Å². The van der Waals surface area contributed by atoms with Crippen LogP contribution in [-0.2, 0) is 11.8 Å². The Kier molecular flexibility index (Phi) is 4.05. The van der Waals surface area contributed by atoms with E-state index in [1.54, 1.807) is 34.7 Å².